The van der Waals surface area contributed by atoms with Gasteiger partial charge in [-0.1, -0.05) is 17.7 Å². The van der Waals surface area contributed by atoms with Crippen molar-refractivity contribution in [3.63, 3.8) is 0 Å². The molecule has 0 radical (unpaired) electrons. The van der Waals surface area contributed by atoms with Crippen molar-refractivity contribution >= 4 is 11.6 Å². The number of rotatable bonds is 5. The summed E-state index contributed by atoms with van der Waals surface area (Å²) < 4.78 is 15.2. The molecule has 108 valence electrons. The second-order valence-corrected chi connectivity index (χ2v) is 5.39. The molecule has 0 fully saturated rings. The molecule has 0 spiro atoms. The summed E-state index contributed by atoms with van der Waals surface area (Å²) in [7, 11) is 1.78. The average Bonchev–Trinajstić information content (AvgIpc) is 2.80. The first-order valence-corrected chi connectivity index (χ1v) is 6.63. The van der Waals surface area contributed by atoms with Crippen molar-refractivity contribution < 1.29 is 9.50 Å². The molecule has 1 heterocycles. The van der Waals surface area contributed by atoms with Crippen LogP contribution < -0.4 is 5.32 Å². The van der Waals surface area contributed by atoms with Crippen molar-refractivity contribution in [2.45, 2.75) is 19.1 Å². The fourth-order valence-corrected chi connectivity index (χ4v) is 2.16. The van der Waals surface area contributed by atoms with Crippen molar-refractivity contribution in [1.82, 2.24) is 15.1 Å². The molecule has 0 saturated heterocycles. The van der Waals surface area contributed by atoms with Gasteiger partial charge in [-0.25, -0.2) is 4.39 Å². The molecule has 0 aliphatic rings. The van der Waals surface area contributed by atoms with Crippen LogP contribution in [0, 0.1) is 5.82 Å². The quantitative estimate of drug-likeness (QED) is 0.889. The molecule has 6 heteroatoms. The van der Waals surface area contributed by atoms with Crippen molar-refractivity contribution in [3.05, 3.63) is 52.6 Å². The molecule has 0 aliphatic carbocycles. The summed E-state index contributed by atoms with van der Waals surface area (Å²) in [6, 6.07) is 4.57. The highest BCUT2D eigenvalue weighted by Gasteiger charge is 2.24. The van der Waals surface area contributed by atoms with E-state index in [1.807, 2.05) is 0 Å². The van der Waals surface area contributed by atoms with Crippen LogP contribution in [-0.2, 0) is 19.2 Å². The topological polar surface area (TPSA) is 50.1 Å². The molecule has 4 nitrogen and oxygen atoms in total. The maximum absolute atomic E-state index is 13.6. The Balaban J connectivity index is 1.99. The number of aryl methyl sites for hydroxylation is 1. The number of benzene rings is 1. The minimum Gasteiger partial charge on any atom is -0.384 e. The third-order valence-corrected chi connectivity index (χ3v) is 3.51. The van der Waals surface area contributed by atoms with Crippen LogP contribution in [0.1, 0.15) is 18.1 Å². The molecule has 0 aliphatic heterocycles. The van der Waals surface area contributed by atoms with Gasteiger partial charge in [-0.3, -0.25) is 4.68 Å². The maximum atomic E-state index is 13.6. The van der Waals surface area contributed by atoms with E-state index in [2.05, 4.69) is 10.4 Å². The summed E-state index contributed by atoms with van der Waals surface area (Å²) >= 11 is 5.94. The van der Waals surface area contributed by atoms with Crippen LogP contribution in [-0.4, -0.2) is 21.4 Å². The van der Waals surface area contributed by atoms with Gasteiger partial charge in [0.05, 0.1) is 6.20 Å². The number of aliphatic hydroxyl groups is 1. The molecule has 0 saturated carbocycles. The number of hydrogen-bond acceptors (Lipinski definition) is 3. The number of halogens is 2. The van der Waals surface area contributed by atoms with Crippen molar-refractivity contribution in [1.29, 1.82) is 0 Å². The number of aromatic nitrogens is 2. The Morgan fingerprint density at radius 2 is 2.25 bits per heavy atom. The van der Waals surface area contributed by atoms with Gasteiger partial charge in [-0.2, -0.15) is 5.10 Å². The van der Waals surface area contributed by atoms with Gasteiger partial charge in [0.25, 0.3) is 0 Å². The molecular formula is C14H17ClFN3O. The predicted molar refractivity (Wildman–Crippen MR) is 75.9 cm³/mol. The van der Waals surface area contributed by atoms with Crippen LogP contribution in [0.15, 0.2) is 30.6 Å². The summed E-state index contributed by atoms with van der Waals surface area (Å²) in [6.45, 7) is 2.20. The van der Waals surface area contributed by atoms with Crippen molar-refractivity contribution in [2.24, 2.45) is 7.05 Å². The first kappa shape index (κ1) is 15.0. The van der Waals surface area contributed by atoms with E-state index in [0.29, 0.717) is 16.1 Å². The maximum Gasteiger partial charge on any atom is 0.129 e. The summed E-state index contributed by atoms with van der Waals surface area (Å²) in [5.41, 5.74) is 0.0229. The van der Waals surface area contributed by atoms with Gasteiger partial charge in [-0.05, 0) is 19.1 Å². The molecule has 2 aromatic rings. The minimum absolute atomic E-state index is 0.252. The summed E-state index contributed by atoms with van der Waals surface area (Å²) in [5, 5.41) is 17.8. The van der Waals surface area contributed by atoms with Crippen molar-refractivity contribution in [3.8, 4) is 0 Å². The van der Waals surface area contributed by atoms with Crippen molar-refractivity contribution in [2.75, 3.05) is 6.54 Å². The first-order chi connectivity index (χ1) is 9.40. The van der Waals surface area contributed by atoms with E-state index in [0.717, 1.165) is 0 Å². The van der Waals surface area contributed by atoms with Crippen LogP contribution in [0.25, 0.3) is 0 Å². The molecule has 1 aromatic heterocycles. The molecule has 0 bridgehead atoms. The summed E-state index contributed by atoms with van der Waals surface area (Å²) in [5.74, 6) is -0.356. The first-order valence-electron chi connectivity index (χ1n) is 6.25. The predicted octanol–water partition coefficient (Wildman–Crippen LogP) is 2.21. The highest BCUT2D eigenvalue weighted by molar-refractivity contribution is 6.31. The lowest BCUT2D eigenvalue weighted by Gasteiger charge is -2.22. The summed E-state index contributed by atoms with van der Waals surface area (Å²) in [6.07, 6.45) is 3.36. The fraction of sp³-hybridized carbons (Fsp3) is 0.357. The van der Waals surface area contributed by atoms with Gasteiger partial charge in [0, 0.05) is 42.5 Å². The highest BCUT2D eigenvalue weighted by atomic mass is 35.5. The van der Waals surface area contributed by atoms with E-state index in [1.165, 1.54) is 6.07 Å². The van der Waals surface area contributed by atoms with Gasteiger partial charge in [0.2, 0.25) is 0 Å². The van der Waals surface area contributed by atoms with E-state index in [9.17, 15) is 9.50 Å². The van der Waals surface area contributed by atoms with Crippen LogP contribution in [0.2, 0.25) is 5.02 Å². The number of nitrogens with one attached hydrogen (secondary N) is 1. The molecule has 20 heavy (non-hydrogen) atoms. The largest absolute Gasteiger partial charge is 0.384 e. The second kappa shape index (κ2) is 5.91. The zero-order chi connectivity index (χ0) is 14.8. The molecule has 0 amide bonds. The zero-order valence-corrected chi connectivity index (χ0v) is 12.2. The van der Waals surface area contributed by atoms with Crippen LogP contribution in [0.4, 0.5) is 4.39 Å². The van der Waals surface area contributed by atoms with E-state index < -0.39 is 5.60 Å². The molecular weight excluding hydrogens is 281 g/mol. The lowest BCUT2D eigenvalue weighted by atomic mass is 9.99. The van der Waals surface area contributed by atoms with Crippen LogP contribution in [0.5, 0.6) is 0 Å². The Bertz CT molecular complexity index is 578. The zero-order valence-electron chi connectivity index (χ0n) is 11.4. The smallest absolute Gasteiger partial charge is 0.129 e. The van der Waals surface area contributed by atoms with E-state index in [1.54, 1.807) is 43.2 Å². The third kappa shape index (κ3) is 3.36. The third-order valence-electron chi connectivity index (χ3n) is 3.16. The lowest BCUT2D eigenvalue weighted by molar-refractivity contribution is 0.0565. The van der Waals surface area contributed by atoms with Crippen LogP contribution in [0.3, 0.4) is 0 Å². The van der Waals surface area contributed by atoms with Gasteiger partial charge in [-0.15, -0.1) is 0 Å². The Morgan fingerprint density at radius 1 is 1.50 bits per heavy atom. The van der Waals surface area contributed by atoms with Gasteiger partial charge >= 0.3 is 0 Å². The van der Waals surface area contributed by atoms with Gasteiger partial charge in [0.15, 0.2) is 0 Å². The lowest BCUT2D eigenvalue weighted by Crippen LogP contribution is -2.35. The van der Waals surface area contributed by atoms with Gasteiger partial charge < -0.3 is 10.4 Å². The molecule has 1 unspecified atom stereocenters. The summed E-state index contributed by atoms with van der Waals surface area (Å²) in [4.78, 5) is 0. The Labute approximate surface area is 122 Å². The molecule has 1 aromatic carbocycles. The minimum atomic E-state index is -1.08. The number of hydrogen-bond donors (Lipinski definition) is 2. The highest BCUT2D eigenvalue weighted by Crippen LogP contribution is 2.21. The molecule has 2 rings (SSSR count). The van der Waals surface area contributed by atoms with E-state index in [4.69, 9.17) is 11.6 Å². The monoisotopic (exact) mass is 297 g/mol. The SMILES string of the molecule is Cn1cc(C(C)(O)CNCc2c(F)cccc2Cl)cn1. The normalized spacial score (nSPS) is 14.2. The Kier molecular flexibility index (Phi) is 4.42. The molecule has 2 N–H and O–H groups in total. The fourth-order valence-electron chi connectivity index (χ4n) is 1.93. The average molecular weight is 298 g/mol. The Hall–Kier alpha value is -1.43. The second-order valence-electron chi connectivity index (χ2n) is 4.98. The number of nitrogens with zero attached hydrogens (tertiary/aromatic N) is 2. The Morgan fingerprint density at radius 3 is 2.85 bits per heavy atom. The molecule has 1 atom stereocenters. The van der Waals surface area contributed by atoms with Crippen LogP contribution >= 0.6 is 11.6 Å². The van der Waals surface area contributed by atoms with E-state index >= 15 is 0 Å². The standard InChI is InChI=1S/C14H17ClFN3O/c1-14(20,10-6-18-19(2)8-10)9-17-7-11-12(15)4-3-5-13(11)16/h3-6,8,17,20H,7,9H2,1-2H3. The van der Waals surface area contributed by atoms with E-state index in [-0.39, 0.29) is 18.9 Å². The van der Waals surface area contributed by atoms with Gasteiger partial charge in [0.1, 0.15) is 11.4 Å².